The van der Waals surface area contributed by atoms with Crippen molar-refractivity contribution in [1.29, 1.82) is 0 Å². The number of anilines is 9. The highest BCUT2D eigenvalue weighted by molar-refractivity contribution is 7.02. The van der Waals surface area contributed by atoms with Gasteiger partial charge in [0.05, 0.1) is 0 Å². The second-order valence-corrected chi connectivity index (χ2v) is 21.5. The maximum Gasteiger partial charge on any atom is 0.256 e. The predicted octanol–water partition coefficient (Wildman–Crippen LogP) is 15.6. The second-order valence-electron chi connectivity index (χ2n) is 21.5. The average molecular weight is 1050 g/mol. The van der Waals surface area contributed by atoms with Crippen molar-refractivity contribution >= 4 is 141 Å². The Labute approximate surface area is 472 Å². The number of fused-ring (bicyclic) bond motifs is 14. The monoisotopic (exact) mass is 1050 g/mol. The molecule has 4 aliphatic rings. The third kappa shape index (κ3) is 6.69. The molecule has 8 nitrogen and oxygen atoms in total. The summed E-state index contributed by atoms with van der Waals surface area (Å²) in [6.45, 7) is -0.370. The first kappa shape index (κ1) is 45.1. The standard InChI is InChI=1S/C72H43B2N3O5/c1-4-18-44(19-5-1)75-59-28-14-12-26-55(59)73-57-42-58-61(43-60(57)76(45-20-6-2-7-21-45)63-37-49(36-62(75)71(63)73)78-47-32-34-53-51-24-10-15-29-65(51)80-68(53)39-47)77(46-22-8-3-9-23-46)64-38-50(41-70-72(64)74(58)56-27-13-17-31-67(56)82-70)79-48-33-35-54-52-25-11-16-30-66(52)81-69(54)40-48/h1-43H. The number of furan rings is 2. The molecule has 0 amide bonds. The highest BCUT2D eigenvalue weighted by atomic mass is 16.5. The quantitative estimate of drug-likeness (QED) is 0.146. The Morgan fingerprint density at radius 2 is 0.707 bits per heavy atom. The Bertz CT molecular complexity index is 4970. The van der Waals surface area contributed by atoms with Gasteiger partial charge in [0.1, 0.15) is 56.8 Å². The summed E-state index contributed by atoms with van der Waals surface area (Å²) >= 11 is 0. The van der Waals surface area contributed by atoms with Gasteiger partial charge in [0, 0.05) is 109 Å². The number of hydrogen-bond donors (Lipinski definition) is 0. The fourth-order valence-corrected chi connectivity index (χ4v) is 13.6. The van der Waals surface area contributed by atoms with Crippen molar-refractivity contribution < 1.29 is 23.0 Å². The van der Waals surface area contributed by atoms with Crippen molar-refractivity contribution in [2.24, 2.45) is 0 Å². The van der Waals surface area contributed by atoms with E-state index in [2.05, 4.69) is 215 Å². The van der Waals surface area contributed by atoms with Crippen LogP contribution in [0.3, 0.4) is 0 Å². The van der Waals surface area contributed by atoms with Crippen molar-refractivity contribution in [3.8, 4) is 34.5 Å². The molecule has 0 aliphatic carbocycles. The summed E-state index contributed by atoms with van der Waals surface area (Å²) in [7, 11) is 0. The number of ether oxygens (including phenoxy) is 3. The number of benzene rings is 12. The van der Waals surface area contributed by atoms with Crippen LogP contribution >= 0.6 is 0 Å². The molecule has 0 bridgehead atoms. The minimum atomic E-state index is -0.193. The van der Waals surface area contributed by atoms with Crippen molar-refractivity contribution in [3.63, 3.8) is 0 Å². The van der Waals surface area contributed by atoms with Crippen LogP contribution in [0.5, 0.6) is 34.5 Å². The zero-order chi connectivity index (χ0) is 53.6. The molecular formula is C72H43B2N3O5. The number of para-hydroxylation sites is 7. The van der Waals surface area contributed by atoms with Crippen molar-refractivity contribution in [2.45, 2.75) is 0 Å². The van der Waals surface area contributed by atoms with E-state index in [0.717, 1.165) is 117 Å². The van der Waals surface area contributed by atoms with E-state index in [9.17, 15) is 0 Å². The fourth-order valence-electron chi connectivity index (χ4n) is 13.6. The highest BCUT2D eigenvalue weighted by Crippen LogP contribution is 2.50. The van der Waals surface area contributed by atoms with Crippen LogP contribution < -0.4 is 61.7 Å². The lowest BCUT2D eigenvalue weighted by atomic mass is 9.30. The van der Waals surface area contributed by atoms with Crippen LogP contribution in [-0.2, 0) is 0 Å². The lowest BCUT2D eigenvalue weighted by Gasteiger charge is -2.46. The third-order valence-corrected chi connectivity index (χ3v) is 16.9. The average Bonchev–Trinajstić information content (AvgIpc) is 2.21. The number of nitrogens with zero attached hydrogens (tertiary/aromatic N) is 3. The van der Waals surface area contributed by atoms with E-state index in [1.54, 1.807) is 0 Å². The molecule has 0 spiro atoms. The van der Waals surface area contributed by atoms with Gasteiger partial charge < -0.3 is 37.7 Å². The first-order valence-corrected chi connectivity index (χ1v) is 27.8. The second kappa shape index (κ2) is 17.3. The maximum absolute atomic E-state index is 7.12. The van der Waals surface area contributed by atoms with Crippen LogP contribution in [-0.4, -0.2) is 13.4 Å². The molecule has 0 radical (unpaired) electrons. The minimum absolute atomic E-state index is 0.177. The van der Waals surface area contributed by atoms with E-state index in [1.807, 2.05) is 60.7 Å². The van der Waals surface area contributed by atoms with Crippen molar-refractivity contribution in [3.05, 3.63) is 261 Å². The molecule has 0 N–H and O–H groups in total. The van der Waals surface area contributed by atoms with Crippen molar-refractivity contribution in [2.75, 3.05) is 14.7 Å². The Kier molecular flexibility index (Phi) is 9.53. The summed E-state index contributed by atoms with van der Waals surface area (Å²) in [4.78, 5) is 7.27. The number of rotatable bonds is 7. The summed E-state index contributed by atoms with van der Waals surface area (Å²) in [5.41, 5.74) is 19.5. The molecule has 6 heterocycles. The van der Waals surface area contributed by atoms with E-state index in [1.165, 1.54) is 21.9 Å². The van der Waals surface area contributed by atoms with Crippen LogP contribution in [0.1, 0.15) is 0 Å². The normalized spacial score (nSPS) is 13.3. The van der Waals surface area contributed by atoms with Gasteiger partial charge in [-0.05, 0) is 124 Å². The Morgan fingerprint density at radius 3 is 1.28 bits per heavy atom. The Morgan fingerprint density at radius 1 is 0.268 bits per heavy atom. The van der Waals surface area contributed by atoms with Gasteiger partial charge in [0.2, 0.25) is 0 Å². The Balaban J connectivity index is 0.878. The van der Waals surface area contributed by atoms with Crippen LogP contribution in [0.4, 0.5) is 51.2 Å². The predicted molar refractivity (Wildman–Crippen MR) is 334 cm³/mol. The third-order valence-electron chi connectivity index (χ3n) is 16.9. The first-order valence-electron chi connectivity index (χ1n) is 27.8. The van der Waals surface area contributed by atoms with Crippen LogP contribution in [0.15, 0.2) is 270 Å². The zero-order valence-corrected chi connectivity index (χ0v) is 43.9. The fraction of sp³-hybridized carbons (Fsp3) is 0. The molecule has 0 unspecified atom stereocenters. The van der Waals surface area contributed by atoms with Crippen LogP contribution in [0.2, 0.25) is 0 Å². The Hall–Kier alpha value is -10.8. The van der Waals surface area contributed by atoms with Crippen molar-refractivity contribution in [1.82, 2.24) is 0 Å². The summed E-state index contributed by atoms with van der Waals surface area (Å²) in [5, 5.41) is 4.24. The van der Waals surface area contributed by atoms with Gasteiger partial charge in [-0.3, -0.25) is 0 Å². The molecule has 12 aromatic carbocycles. The van der Waals surface area contributed by atoms with E-state index in [-0.39, 0.29) is 13.4 Å². The number of hydrogen-bond acceptors (Lipinski definition) is 8. The van der Waals surface area contributed by atoms with Gasteiger partial charge in [0.25, 0.3) is 13.4 Å². The SMILES string of the molecule is c1ccc(N2c3cc4c(cc3B3c5ccccc5Oc5cc(Oc6ccc7c(c6)oc6ccccc67)cc2c53)B2c3ccccc3N(c3ccccc3)c3cc(Oc5ccc6c(c5)oc5ccccc56)cc(c32)N4c2ccccc2)cc1. The molecular weight excluding hydrogens is 1010 g/mol. The topological polar surface area (TPSA) is 63.7 Å². The summed E-state index contributed by atoms with van der Waals surface area (Å²) in [5.74, 6) is 4.25. The molecule has 2 aromatic heterocycles. The summed E-state index contributed by atoms with van der Waals surface area (Å²) < 4.78 is 33.8. The smallest absolute Gasteiger partial charge is 0.256 e. The highest BCUT2D eigenvalue weighted by Gasteiger charge is 2.48. The van der Waals surface area contributed by atoms with Gasteiger partial charge in [-0.1, -0.05) is 133 Å². The van der Waals surface area contributed by atoms with E-state index in [0.29, 0.717) is 23.0 Å². The molecule has 0 fully saturated rings. The molecule has 0 atom stereocenters. The summed E-state index contributed by atoms with van der Waals surface area (Å²) in [6, 6.07) is 91.7. The largest absolute Gasteiger partial charge is 0.458 e. The molecule has 10 heteroatoms. The molecule has 0 saturated carbocycles. The van der Waals surface area contributed by atoms with Gasteiger partial charge in [-0.25, -0.2) is 0 Å². The van der Waals surface area contributed by atoms with Gasteiger partial charge in [-0.15, -0.1) is 0 Å². The van der Waals surface area contributed by atoms with E-state index in [4.69, 9.17) is 23.0 Å². The van der Waals surface area contributed by atoms with E-state index >= 15 is 0 Å². The first-order chi connectivity index (χ1) is 40.6. The lowest BCUT2D eigenvalue weighted by molar-refractivity contribution is 0.463. The van der Waals surface area contributed by atoms with E-state index < -0.39 is 0 Å². The molecule has 18 rings (SSSR count). The molecule has 0 saturated heterocycles. The molecule has 14 aromatic rings. The van der Waals surface area contributed by atoms with Gasteiger partial charge in [0.15, 0.2) is 0 Å². The minimum Gasteiger partial charge on any atom is -0.458 e. The molecule has 4 aliphatic heterocycles. The maximum atomic E-state index is 7.12. The van der Waals surface area contributed by atoms with Crippen LogP contribution in [0.25, 0.3) is 43.9 Å². The molecule has 82 heavy (non-hydrogen) atoms. The molecule has 382 valence electrons. The van der Waals surface area contributed by atoms with Gasteiger partial charge in [-0.2, -0.15) is 0 Å². The summed E-state index contributed by atoms with van der Waals surface area (Å²) in [6.07, 6.45) is 0. The van der Waals surface area contributed by atoms with Crippen LogP contribution in [0, 0.1) is 0 Å². The van der Waals surface area contributed by atoms with Gasteiger partial charge >= 0.3 is 0 Å². The lowest BCUT2D eigenvalue weighted by Crippen LogP contribution is -2.64. The zero-order valence-electron chi connectivity index (χ0n) is 43.9.